The van der Waals surface area contributed by atoms with E-state index in [2.05, 4.69) is 34.1 Å². The lowest BCUT2D eigenvalue weighted by molar-refractivity contribution is 0.211. The van der Waals surface area contributed by atoms with Crippen LogP contribution >= 0.6 is 11.3 Å². The Morgan fingerprint density at radius 1 is 1.59 bits per heavy atom. The molecule has 0 bridgehead atoms. The molecule has 94 valence electrons. The minimum absolute atomic E-state index is 0.651. The highest BCUT2D eigenvalue weighted by atomic mass is 32.1. The van der Waals surface area contributed by atoms with Gasteiger partial charge >= 0.3 is 0 Å². The highest BCUT2D eigenvalue weighted by molar-refractivity contribution is 7.07. The van der Waals surface area contributed by atoms with E-state index >= 15 is 0 Å². The summed E-state index contributed by atoms with van der Waals surface area (Å²) in [6.45, 7) is 10.4. The molecular weight excluding hydrogens is 230 g/mol. The summed E-state index contributed by atoms with van der Waals surface area (Å²) in [7, 11) is 0. The van der Waals surface area contributed by atoms with Crippen LogP contribution in [0.5, 0.6) is 0 Å². The van der Waals surface area contributed by atoms with Crippen LogP contribution in [0, 0.1) is 0 Å². The van der Waals surface area contributed by atoms with Gasteiger partial charge in [0.1, 0.15) is 0 Å². The second-order valence-corrected chi connectivity index (χ2v) is 5.59. The van der Waals surface area contributed by atoms with E-state index in [0.29, 0.717) is 6.04 Å². The maximum atomic E-state index is 4.29. The molecule has 0 radical (unpaired) electrons. The van der Waals surface area contributed by atoms with Gasteiger partial charge in [-0.15, -0.1) is 11.3 Å². The summed E-state index contributed by atoms with van der Waals surface area (Å²) in [5.41, 5.74) is 4.32. The van der Waals surface area contributed by atoms with Crippen molar-refractivity contribution < 1.29 is 0 Å². The normalized spacial score (nSPS) is 18.4. The molecule has 0 aliphatic carbocycles. The Labute approximate surface area is 108 Å². The number of piperidine rings is 1. The second-order valence-electron chi connectivity index (χ2n) is 4.87. The molecule has 0 saturated carbocycles. The first-order valence-corrected chi connectivity index (χ1v) is 7.15. The Hall–Kier alpha value is -0.710. The average Bonchev–Trinajstić information content (AvgIpc) is 2.80. The second kappa shape index (κ2) is 6.28. The Balaban J connectivity index is 1.67. The van der Waals surface area contributed by atoms with Crippen LogP contribution in [-0.2, 0) is 6.54 Å². The molecule has 1 aliphatic rings. The predicted octanol–water partition coefficient (Wildman–Crippen LogP) is 2.27. The average molecular weight is 251 g/mol. The predicted molar refractivity (Wildman–Crippen MR) is 73.2 cm³/mol. The van der Waals surface area contributed by atoms with E-state index in [1.807, 2.05) is 5.51 Å². The fraction of sp³-hybridized carbons (Fsp3) is 0.615. The van der Waals surface area contributed by atoms with E-state index in [9.17, 15) is 0 Å². The molecule has 17 heavy (non-hydrogen) atoms. The zero-order valence-electron chi connectivity index (χ0n) is 10.5. The third-order valence-corrected chi connectivity index (χ3v) is 3.77. The number of rotatable bonds is 5. The fourth-order valence-electron chi connectivity index (χ4n) is 2.25. The van der Waals surface area contributed by atoms with Gasteiger partial charge in [0.15, 0.2) is 0 Å². The number of nitrogens with zero attached hydrogens (tertiary/aromatic N) is 2. The lowest BCUT2D eigenvalue weighted by Gasteiger charge is -2.32. The van der Waals surface area contributed by atoms with Crippen LogP contribution in [0.1, 0.15) is 25.5 Å². The topological polar surface area (TPSA) is 28.2 Å². The molecule has 1 aromatic heterocycles. The van der Waals surface area contributed by atoms with Crippen molar-refractivity contribution in [2.24, 2.45) is 0 Å². The van der Waals surface area contributed by atoms with Gasteiger partial charge in [-0.2, -0.15) is 0 Å². The minimum Gasteiger partial charge on any atom is -0.308 e. The summed E-state index contributed by atoms with van der Waals surface area (Å²) in [4.78, 5) is 6.78. The van der Waals surface area contributed by atoms with Crippen LogP contribution in [0.2, 0.25) is 0 Å². The molecule has 1 aromatic rings. The molecular formula is C13H21N3S. The Kier molecular flexibility index (Phi) is 4.71. The largest absolute Gasteiger partial charge is 0.308 e. The Morgan fingerprint density at radius 3 is 2.94 bits per heavy atom. The van der Waals surface area contributed by atoms with Gasteiger partial charge in [0, 0.05) is 24.5 Å². The highest BCUT2D eigenvalue weighted by Crippen LogP contribution is 2.12. The SMILES string of the molecule is C=C(C)CN1CCC(NCc2cscn2)CC1. The van der Waals surface area contributed by atoms with Crippen molar-refractivity contribution in [3.63, 3.8) is 0 Å². The molecule has 2 heterocycles. The van der Waals surface area contributed by atoms with Gasteiger partial charge in [0.25, 0.3) is 0 Å². The van der Waals surface area contributed by atoms with Crippen molar-refractivity contribution in [1.82, 2.24) is 15.2 Å². The van der Waals surface area contributed by atoms with Crippen molar-refractivity contribution in [2.45, 2.75) is 32.4 Å². The van der Waals surface area contributed by atoms with Crippen LogP contribution < -0.4 is 5.32 Å². The lowest BCUT2D eigenvalue weighted by Crippen LogP contribution is -2.42. The van der Waals surface area contributed by atoms with E-state index in [4.69, 9.17) is 0 Å². The molecule has 2 rings (SSSR count). The number of nitrogens with one attached hydrogen (secondary N) is 1. The summed E-state index contributed by atoms with van der Waals surface area (Å²) in [6.07, 6.45) is 2.47. The Bertz CT molecular complexity index is 340. The van der Waals surface area contributed by atoms with E-state index < -0.39 is 0 Å². The maximum Gasteiger partial charge on any atom is 0.0795 e. The van der Waals surface area contributed by atoms with Crippen molar-refractivity contribution in [3.05, 3.63) is 28.7 Å². The first-order chi connectivity index (χ1) is 8.24. The smallest absolute Gasteiger partial charge is 0.0795 e. The van der Waals surface area contributed by atoms with Gasteiger partial charge in [0.2, 0.25) is 0 Å². The van der Waals surface area contributed by atoms with Gasteiger partial charge in [-0.25, -0.2) is 4.98 Å². The van der Waals surface area contributed by atoms with E-state index in [1.54, 1.807) is 11.3 Å². The quantitative estimate of drug-likeness (QED) is 0.814. The van der Waals surface area contributed by atoms with Crippen LogP contribution in [0.4, 0.5) is 0 Å². The summed E-state index contributed by atoms with van der Waals surface area (Å²) in [5, 5.41) is 5.71. The standard InChI is InChI=1S/C13H21N3S/c1-11(2)8-16-5-3-12(4-6-16)14-7-13-9-17-10-15-13/h9-10,12,14H,1,3-8H2,2H3. The summed E-state index contributed by atoms with van der Waals surface area (Å²) < 4.78 is 0. The molecule has 1 N–H and O–H groups in total. The molecule has 0 aromatic carbocycles. The van der Waals surface area contributed by atoms with Gasteiger partial charge < -0.3 is 5.32 Å². The summed E-state index contributed by atoms with van der Waals surface area (Å²) >= 11 is 1.66. The number of hydrogen-bond acceptors (Lipinski definition) is 4. The fourth-order valence-corrected chi connectivity index (χ4v) is 2.81. The van der Waals surface area contributed by atoms with Crippen LogP contribution in [0.3, 0.4) is 0 Å². The minimum atomic E-state index is 0.651. The molecule has 1 fully saturated rings. The van der Waals surface area contributed by atoms with E-state index in [1.165, 1.54) is 37.2 Å². The maximum absolute atomic E-state index is 4.29. The number of hydrogen-bond donors (Lipinski definition) is 1. The highest BCUT2D eigenvalue weighted by Gasteiger charge is 2.18. The first-order valence-electron chi connectivity index (χ1n) is 6.21. The monoisotopic (exact) mass is 251 g/mol. The van der Waals surface area contributed by atoms with Crippen molar-refractivity contribution in [1.29, 1.82) is 0 Å². The molecule has 0 amide bonds. The summed E-state index contributed by atoms with van der Waals surface area (Å²) in [5.74, 6) is 0. The molecule has 1 aliphatic heterocycles. The van der Waals surface area contributed by atoms with E-state index in [0.717, 1.165) is 13.1 Å². The number of likely N-dealkylation sites (tertiary alicyclic amines) is 1. The zero-order valence-corrected chi connectivity index (χ0v) is 11.3. The Morgan fingerprint density at radius 2 is 2.35 bits per heavy atom. The van der Waals surface area contributed by atoms with Gasteiger partial charge in [-0.3, -0.25) is 4.90 Å². The van der Waals surface area contributed by atoms with Crippen LogP contribution in [0.15, 0.2) is 23.0 Å². The van der Waals surface area contributed by atoms with Crippen LogP contribution in [-0.4, -0.2) is 35.6 Å². The zero-order chi connectivity index (χ0) is 12.1. The lowest BCUT2D eigenvalue weighted by atomic mass is 10.0. The molecule has 0 atom stereocenters. The third kappa shape index (κ3) is 4.22. The van der Waals surface area contributed by atoms with Gasteiger partial charge in [-0.1, -0.05) is 12.2 Å². The number of thiazole rings is 1. The van der Waals surface area contributed by atoms with E-state index in [-0.39, 0.29) is 0 Å². The molecule has 4 heteroatoms. The van der Waals surface area contributed by atoms with Crippen molar-refractivity contribution >= 4 is 11.3 Å². The van der Waals surface area contributed by atoms with Gasteiger partial charge in [0.05, 0.1) is 11.2 Å². The van der Waals surface area contributed by atoms with Crippen molar-refractivity contribution in [3.8, 4) is 0 Å². The first kappa shape index (κ1) is 12.7. The molecule has 1 saturated heterocycles. The summed E-state index contributed by atoms with van der Waals surface area (Å²) in [6, 6.07) is 0.651. The molecule has 3 nitrogen and oxygen atoms in total. The molecule has 0 spiro atoms. The molecule has 0 unspecified atom stereocenters. The van der Waals surface area contributed by atoms with Crippen molar-refractivity contribution in [2.75, 3.05) is 19.6 Å². The van der Waals surface area contributed by atoms with Crippen LogP contribution in [0.25, 0.3) is 0 Å². The number of aromatic nitrogens is 1. The van der Waals surface area contributed by atoms with Gasteiger partial charge in [-0.05, 0) is 32.9 Å². The third-order valence-electron chi connectivity index (χ3n) is 3.14.